The van der Waals surface area contributed by atoms with Gasteiger partial charge in [-0.2, -0.15) is 0 Å². The summed E-state index contributed by atoms with van der Waals surface area (Å²) in [5.41, 5.74) is 0.903. The first-order chi connectivity index (χ1) is 7.81. The molecule has 17 heavy (non-hydrogen) atoms. The summed E-state index contributed by atoms with van der Waals surface area (Å²) in [6.07, 6.45) is 1.12. The topological polar surface area (TPSA) is 18.5 Å². The lowest BCUT2D eigenvalue weighted by Crippen LogP contribution is -2.48. The second-order valence-electron chi connectivity index (χ2n) is 5.45. The van der Waals surface area contributed by atoms with E-state index in [1.54, 1.807) is 0 Å². The number of hydrogen-bond acceptors (Lipinski definition) is 2. The zero-order valence-corrected chi connectivity index (χ0v) is 12.4. The van der Waals surface area contributed by atoms with Crippen LogP contribution in [0.25, 0.3) is 0 Å². The molecule has 0 bridgehead atoms. The highest BCUT2D eigenvalue weighted by Crippen LogP contribution is 2.40. The second-order valence-corrected chi connectivity index (χ2v) is 6.36. The first-order valence-corrected chi connectivity index (χ1v) is 6.74. The van der Waals surface area contributed by atoms with Crippen molar-refractivity contribution in [1.82, 2.24) is 0 Å². The van der Waals surface area contributed by atoms with Gasteiger partial charge in [-0.05, 0) is 39.8 Å². The molecule has 1 aliphatic rings. The SMILES string of the molecule is CC1CC(C)(C)OC(C)(c2ccc(Br)cc2)O1. The molecule has 2 nitrogen and oxygen atoms in total. The standard InChI is InChI=1S/C14H19BrO2/c1-10-9-13(2,3)17-14(4,16-10)11-5-7-12(15)8-6-11/h5-8,10H,9H2,1-4H3. The van der Waals surface area contributed by atoms with Crippen molar-refractivity contribution < 1.29 is 9.47 Å². The third-order valence-corrected chi connectivity index (χ3v) is 3.57. The summed E-state index contributed by atoms with van der Waals surface area (Å²) in [7, 11) is 0. The van der Waals surface area contributed by atoms with E-state index in [0.717, 1.165) is 16.5 Å². The molecule has 1 fully saturated rings. The van der Waals surface area contributed by atoms with Gasteiger partial charge in [-0.1, -0.05) is 28.1 Å². The zero-order chi connectivity index (χ0) is 12.7. The lowest BCUT2D eigenvalue weighted by molar-refractivity contribution is -0.339. The molecule has 1 aromatic rings. The average molecular weight is 299 g/mol. The molecule has 0 aromatic heterocycles. The number of ether oxygens (including phenoxy) is 2. The van der Waals surface area contributed by atoms with Crippen LogP contribution in [0.1, 0.15) is 39.7 Å². The third kappa shape index (κ3) is 2.90. The Hall–Kier alpha value is -0.380. The number of benzene rings is 1. The lowest BCUT2D eigenvalue weighted by Gasteiger charge is -2.46. The molecule has 0 spiro atoms. The molecule has 0 aliphatic carbocycles. The maximum absolute atomic E-state index is 6.12. The summed E-state index contributed by atoms with van der Waals surface area (Å²) in [6.45, 7) is 8.32. The highest BCUT2D eigenvalue weighted by molar-refractivity contribution is 9.10. The Morgan fingerprint density at radius 1 is 1.18 bits per heavy atom. The van der Waals surface area contributed by atoms with E-state index in [0.29, 0.717) is 0 Å². The quantitative estimate of drug-likeness (QED) is 0.772. The van der Waals surface area contributed by atoms with Crippen molar-refractivity contribution in [3.63, 3.8) is 0 Å². The van der Waals surface area contributed by atoms with Crippen LogP contribution in [0.3, 0.4) is 0 Å². The van der Waals surface area contributed by atoms with E-state index in [9.17, 15) is 0 Å². The predicted octanol–water partition coefficient (Wildman–Crippen LogP) is 4.23. The first kappa shape index (κ1) is 13.1. The van der Waals surface area contributed by atoms with Gasteiger partial charge < -0.3 is 9.47 Å². The number of rotatable bonds is 1. The van der Waals surface area contributed by atoms with Gasteiger partial charge in [0.15, 0.2) is 5.79 Å². The van der Waals surface area contributed by atoms with Crippen LogP contribution in [0.4, 0.5) is 0 Å². The van der Waals surface area contributed by atoms with E-state index < -0.39 is 5.79 Å². The molecule has 1 aliphatic heterocycles. The Labute approximate surface area is 111 Å². The van der Waals surface area contributed by atoms with Crippen molar-refractivity contribution >= 4 is 15.9 Å². The highest BCUT2D eigenvalue weighted by atomic mass is 79.9. The Balaban J connectivity index is 2.31. The molecule has 3 heteroatoms. The molecule has 0 amide bonds. The maximum atomic E-state index is 6.12. The van der Waals surface area contributed by atoms with E-state index in [4.69, 9.17) is 9.47 Å². The van der Waals surface area contributed by atoms with Crippen LogP contribution in [-0.2, 0) is 15.3 Å². The second kappa shape index (κ2) is 4.38. The van der Waals surface area contributed by atoms with E-state index in [-0.39, 0.29) is 11.7 Å². The summed E-state index contributed by atoms with van der Waals surface area (Å²) in [5.74, 6) is -0.651. The molecule has 1 saturated heterocycles. The van der Waals surface area contributed by atoms with Crippen LogP contribution in [0, 0.1) is 0 Å². The molecule has 0 saturated carbocycles. The lowest BCUT2D eigenvalue weighted by atomic mass is 9.96. The van der Waals surface area contributed by atoms with Gasteiger partial charge in [0.2, 0.25) is 0 Å². The zero-order valence-electron chi connectivity index (χ0n) is 10.8. The molecule has 2 atom stereocenters. The van der Waals surface area contributed by atoms with E-state index in [1.165, 1.54) is 0 Å². The molecular weight excluding hydrogens is 280 g/mol. The maximum Gasteiger partial charge on any atom is 0.192 e. The van der Waals surface area contributed by atoms with Gasteiger partial charge in [0.1, 0.15) is 0 Å². The summed E-state index contributed by atoms with van der Waals surface area (Å²) in [6, 6.07) is 8.11. The van der Waals surface area contributed by atoms with E-state index >= 15 is 0 Å². The minimum Gasteiger partial charge on any atom is -0.343 e. The molecule has 2 unspecified atom stereocenters. The van der Waals surface area contributed by atoms with Crippen LogP contribution < -0.4 is 0 Å². The molecular formula is C14H19BrO2. The first-order valence-electron chi connectivity index (χ1n) is 5.95. The molecule has 0 radical (unpaired) electrons. The van der Waals surface area contributed by atoms with Gasteiger partial charge >= 0.3 is 0 Å². The smallest absolute Gasteiger partial charge is 0.192 e. The fourth-order valence-electron chi connectivity index (χ4n) is 2.59. The van der Waals surface area contributed by atoms with Crippen molar-refractivity contribution in [2.24, 2.45) is 0 Å². The largest absolute Gasteiger partial charge is 0.343 e. The van der Waals surface area contributed by atoms with Gasteiger partial charge in [-0.3, -0.25) is 0 Å². The van der Waals surface area contributed by atoms with Crippen molar-refractivity contribution in [2.45, 2.75) is 51.6 Å². The summed E-state index contributed by atoms with van der Waals surface area (Å²) in [4.78, 5) is 0. The highest BCUT2D eigenvalue weighted by Gasteiger charge is 2.42. The van der Waals surface area contributed by atoms with Crippen molar-refractivity contribution in [3.8, 4) is 0 Å². The average Bonchev–Trinajstić information content (AvgIpc) is 2.14. The third-order valence-electron chi connectivity index (χ3n) is 3.04. The molecule has 0 N–H and O–H groups in total. The number of halogens is 1. The summed E-state index contributed by atoms with van der Waals surface area (Å²) >= 11 is 3.44. The minimum atomic E-state index is -0.651. The molecule has 94 valence electrons. The van der Waals surface area contributed by atoms with Crippen molar-refractivity contribution in [1.29, 1.82) is 0 Å². The van der Waals surface area contributed by atoms with Crippen LogP contribution in [0.2, 0.25) is 0 Å². The van der Waals surface area contributed by atoms with Gasteiger partial charge in [0.05, 0.1) is 11.7 Å². The Bertz CT molecular complexity index is 399. The Kier molecular flexibility index (Phi) is 3.36. The Morgan fingerprint density at radius 3 is 2.29 bits per heavy atom. The van der Waals surface area contributed by atoms with Gasteiger partial charge in [-0.25, -0.2) is 0 Å². The fraction of sp³-hybridized carbons (Fsp3) is 0.571. The van der Waals surface area contributed by atoms with Crippen LogP contribution >= 0.6 is 15.9 Å². The van der Waals surface area contributed by atoms with E-state index in [2.05, 4.69) is 36.7 Å². The summed E-state index contributed by atoms with van der Waals surface area (Å²) < 4.78 is 13.2. The Morgan fingerprint density at radius 2 is 1.76 bits per heavy atom. The van der Waals surface area contributed by atoms with E-state index in [1.807, 2.05) is 31.2 Å². The predicted molar refractivity (Wildman–Crippen MR) is 71.8 cm³/mol. The molecule has 1 aromatic carbocycles. The molecule has 2 rings (SSSR count). The van der Waals surface area contributed by atoms with Crippen LogP contribution in [-0.4, -0.2) is 11.7 Å². The van der Waals surface area contributed by atoms with Gasteiger partial charge in [-0.15, -0.1) is 0 Å². The minimum absolute atomic E-state index is 0.153. The van der Waals surface area contributed by atoms with Crippen molar-refractivity contribution in [3.05, 3.63) is 34.3 Å². The number of hydrogen-bond donors (Lipinski definition) is 0. The van der Waals surface area contributed by atoms with Crippen LogP contribution in [0.15, 0.2) is 28.7 Å². The normalized spacial score (nSPS) is 32.4. The fourth-order valence-corrected chi connectivity index (χ4v) is 2.85. The summed E-state index contributed by atoms with van der Waals surface area (Å²) in [5, 5.41) is 0. The van der Waals surface area contributed by atoms with Gasteiger partial charge in [0, 0.05) is 16.5 Å². The van der Waals surface area contributed by atoms with Gasteiger partial charge in [0.25, 0.3) is 0 Å². The monoisotopic (exact) mass is 298 g/mol. The molecule has 1 heterocycles. The van der Waals surface area contributed by atoms with Crippen molar-refractivity contribution in [2.75, 3.05) is 0 Å². The van der Waals surface area contributed by atoms with Crippen LogP contribution in [0.5, 0.6) is 0 Å².